The van der Waals surface area contributed by atoms with Crippen LogP contribution in [0.25, 0.3) is 0 Å². The number of aliphatic hydroxyl groups excluding tert-OH is 1. The minimum absolute atomic E-state index is 0.294. The van der Waals surface area contributed by atoms with Gasteiger partial charge in [0, 0.05) is 5.56 Å². The molecule has 1 aromatic carbocycles. The highest BCUT2D eigenvalue weighted by atomic mass is 35.5. The maximum Gasteiger partial charge on any atom is 0.251 e. The first-order valence-corrected chi connectivity index (χ1v) is 5.67. The Morgan fingerprint density at radius 3 is 2.59 bits per heavy atom. The number of nitrogen functional groups attached to an aromatic ring is 1. The third-order valence-corrected chi connectivity index (χ3v) is 3.07. The number of hydrogen-bond donors (Lipinski definition) is 3. The fourth-order valence-corrected chi connectivity index (χ4v) is 1.32. The number of amides is 1. The number of rotatable bonds is 3. The summed E-state index contributed by atoms with van der Waals surface area (Å²) in [7, 11) is 0. The maximum absolute atomic E-state index is 11.9. The summed E-state index contributed by atoms with van der Waals surface area (Å²) in [4.78, 5) is 11.9. The maximum atomic E-state index is 11.9. The largest absolute Gasteiger partial charge is 0.398 e. The lowest BCUT2D eigenvalue weighted by Gasteiger charge is -2.29. The fraction of sp³-hybridized carbons (Fsp3) is 0.417. The second-order valence-electron chi connectivity index (χ2n) is 4.59. The Balaban J connectivity index is 2.87. The Morgan fingerprint density at radius 1 is 1.53 bits per heavy atom. The van der Waals surface area contributed by atoms with Crippen molar-refractivity contribution in [2.24, 2.45) is 0 Å². The van der Waals surface area contributed by atoms with Crippen LogP contribution in [0.5, 0.6) is 0 Å². The van der Waals surface area contributed by atoms with Crippen molar-refractivity contribution in [1.82, 2.24) is 5.32 Å². The zero-order chi connectivity index (χ0) is 13.2. The summed E-state index contributed by atoms with van der Waals surface area (Å²) in [6.45, 7) is 5.11. The Kier molecular flexibility index (Phi) is 4.01. The number of benzene rings is 1. The number of hydrogen-bond acceptors (Lipinski definition) is 3. The summed E-state index contributed by atoms with van der Waals surface area (Å²) < 4.78 is 0. The summed E-state index contributed by atoms with van der Waals surface area (Å²) >= 11 is 5.84. The van der Waals surface area contributed by atoms with E-state index in [0.29, 0.717) is 16.3 Å². The summed E-state index contributed by atoms with van der Waals surface area (Å²) in [6.07, 6.45) is -0.657. The second-order valence-corrected chi connectivity index (χ2v) is 5.00. The van der Waals surface area contributed by atoms with Gasteiger partial charge in [-0.1, -0.05) is 11.6 Å². The molecule has 1 amide bonds. The number of carbonyl (C=O) groups is 1. The first-order chi connectivity index (χ1) is 7.74. The Labute approximate surface area is 106 Å². The highest BCUT2D eigenvalue weighted by Crippen LogP contribution is 2.20. The van der Waals surface area contributed by atoms with Gasteiger partial charge in [0.1, 0.15) is 0 Å². The average molecular weight is 257 g/mol. The molecule has 0 saturated heterocycles. The van der Waals surface area contributed by atoms with Crippen molar-refractivity contribution in [3.63, 3.8) is 0 Å². The average Bonchev–Trinajstić information content (AvgIpc) is 2.21. The Morgan fingerprint density at radius 2 is 2.12 bits per heavy atom. The summed E-state index contributed by atoms with van der Waals surface area (Å²) in [5.41, 5.74) is 5.70. The molecule has 0 aliphatic carbocycles. The van der Waals surface area contributed by atoms with Crippen LogP contribution in [0.1, 0.15) is 31.1 Å². The molecule has 0 heterocycles. The number of aliphatic hydroxyl groups is 1. The van der Waals surface area contributed by atoms with Gasteiger partial charge in [-0.2, -0.15) is 0 Å². The molecule has 1 atom stereocenters. The van der Waals surface area contributed by atoms with Crippen molar-refractivity contribution < 1.29 is 9.90 Å². The lowest BCUT2D eigenvalue weighted by molar-refractivity contribution is 0.0709. The molecule has 94 valence electrons. The predicted octanol–water partition coefficient (Wildman–Crippen LogP) is 1.81. The highest BCUT2D eigenvalue weighted by molar-refractivity contribution is 6.33. The first-order valence-electron chi connectivity index (χ1n) is 5.29. The topological polar surface area (TPSA) is 75.3 Å². The van der Waals surface area contributed by atoms with Gasteiger partial charge in [-0.15, -0.1) is 0 Å². The van der Waals surface area contributed by atoms with Gasteiger partial charge in [0.25, 0.3) is 5.91 Å². The van der Waals surface area contributed by atoms with Crippen molar-refractivity contribution in [2.75, 3.05) is 5.73 Å². The number of nitrogens with one attached hydrogen (secondary N) is 1. The van der Waals surface area contributed by atoms with Gasteiger partial charge < -0.3 is 16.2 Å². The summed E-state index contributed by atoms with van der Waals surface area (Å²) in [6, 6.07) is 4.67. The molecule has 0 aromatic heterocycles. The van der Waals surface area contributed by atoms with E-state index in [0.717, 1.165) is 0 Å². The zero-order valence-corrected chi connectivity index (χ0v) is 10.9. The van der Waals surface area contributed by atoms with Crippen LogP contribution in [0, 0.1) is 0 Å². The van der Waals surface area contributed by atoms with Crippen LogP contribution in [-0.4, -0.2) is 22.7 Å². The number of halogens is 1. The molecule has 0 saturated carbocycles. The van der Waals surface area contributed by atoms with Crippen LogP contribution in [0.3, 0.4) is 0 Å². The molecular formula is C12H17ClN2O2. The first kappa shape index (κ1) is 13.8. The molecule has 0 bridgehead atoms. The smallest absolute Gasteiger partial charge is 0.251 e. The van der Waals surface area contributed by atoms with Crippen LogP contribution in [-0.2, 0) is 0 Å². The van der Waals surface area contributed by atoms with Crippen LogP contribution in [0.2, 0.25) is 5.02 Å². The number of anilines is 1. The van der Waals surface area contributed by atoms with Crippen LogP contribution in [0.4, 0.5) is 5.69 Å². The van der Waals surface area contributed by atoms with Gasteiger partial charge >= 0.3 is 0 Å². The van der Waals surface area contributed by atoms with E-state index in [9.17, 15) is 9.90 Å². The Bertz CT molecular complexity index is 431. The molecule has 1 unspecified atom stereocenters. The SMILES string of the molecule is CC(O)C(C)(C)NC(=O)c1ccc(N)c(Cl)c1. The van der Waals surface area contributed by atoms with Crippen molar-refractivity contribution in [2.45, 2.75) is 32.4 Å². The quantitative estimate of drug-likeness (QED) is 0.722. The van der Waals surface area contributed by atoms with Gasteiger partial charge in [-0.25, -0.2) is 0 Å². The molecule has 1 rings (SSSR count). The van der Waals surface area contributed by atoms with Crippen LogP contribution in [0.15, 0.2) is 18.2 Å². The minimum atomic E-state index is -0.703. The lowest BCUT2D eigenvalue weighted by atomic mass is 9.98. The summed E-state index contributed by atoms with van der Waals surface area (Å²) in [5.74, 6) is -0.294. The lowest BCUT2D eigenvalue weighted by Crippen LogP contribution is -2.50. The number of nitrogens with two attached hydrogens (primary N) is 1. The summed E-state index contributed by atoms with van der Waals surface area (Å²) in [5, 5.41) is 12.6. The van der Waals surface area contributed by atoms with Gasteiger partial charge in [-0.05, 0) is 39.0 Å². The highest BCUT2D eigenvalue weighted by Gasteiger charge is 2.26. The van der Waals surface area contributed by atoms with Crippen molar-refractivity contribution in [3.05, 3.63) is 28.8 Å². The molecule has 0 fully saturated rings. The normalized spacial score (nSPS) is 13.2. The zero-order valence-electron chi connectivity index (χ0n) is 10.1. The predicted molar refractivity (Wildman–Crippen MR) is 69.1 cm³/mol. The van der Waals surface area contributed by atoms with E-state index in [4.69, 9.17) is 17.3 Å². The molecule has 0 spiro atoms. The van der Waals surface area contributed by atoms with Gasteiger partial charge in [0.2, 0.25) is 0 Å². The van der Waals surface area contributed by atoms with Gasteiger partial charge in [0.05, 0.1) is 22.4 Å². The molecule has 0 radical (unpaired) electrons. The molecule has 0 aliphatic heterocycles. The van der Waals surface area contributed by atoms with Crippen molar-refractivity contribution >= 4 is 23.2 Å². The van der Waals surface area contributed by atoms with E-state index in [2.05, 4.69) is 5.32 Å². The van der Waals surface area contributed by atoms with E-state index in [1.807, 2.05) is 0 Å². The van der Waals surface area contributed by atoms with Crippen LogP contribution < -0.4 is 11.1 Å². The Hall–Kier alpha value is -1.26. The van der Waals surface area contributed by atoms with Crippen LogP contribution >= 0.6 is 11.6 Å². The molecule has 4 N–H and O–H groups in total. The van der Waals surface area contributed by atoms with E-state index >= 15 is 0 Å². The molecule has 17 heavy (non-hydrogen) atoms. The molecule has 5 heteroatoms. The van der Waals surface area contributed by atoms with E-state index in [-0.39, 0.29) is 5.91 Å². The minimum Gasteiger partial charge on any atom is -0.398 e. The monoisotopic (exact) mass is 256 g/mol. The fourth-order valence-electron chi connectivity index (χ4n) is 1.14. The van der Waals surface area contributed by atoms with E-state index in [1.165, 1.54) is 6.07 Å². The van der Waals surface area contributed by atoms with E-state index < -0.39 is 11.6 Å². The third kappa shape index (κ3) is 3.35. The molecule has 0 aliphatic rings. The number of carbonyl (C=O) groups excluding carboxylic acids is 1. The van der Waals surface area contributed by atoms with Gasteiger partial charge in [0.15, 0.2) is 0 Å². The molecule has 4 nitrogen and oxygen atoms in total. The third-order valence-electron chi connectivity index (χ3n) is 2.74. The van der Waals surface area contributed by atoms with Crippen molar-refractivity contribution in [1.29, 1.82) is 0 Å². The second kappa shape index (κ2) is 4.94. The van der Waals surface area contributed by atoms with Gasteiger partial charge in [-0.3, -0.25) is 4.79 Å². The van der Waals surface area contributed by atoms with Crippen molar-refractivity contribution in [3.8, 4) is 0 Å². The molecule has 1 aromatic rings. The van der Waals surface area contributed by atoms with E-state index in [1.54, 1.807) is 32.9 Å². The molecular weight excluding hydrogens is 240 g/mol. The standard InChI is InChI=1S/C12H17ClN2O2/c1-7(16)12(2,3)15-11(17)8-4-5-10(14)9(13)6-8/h4-7,16H,14H2,1-3H3,(H,15,17).